The number of piperazine rings is 1. The SMILES string of the molecule is Cc1ocnc1C(=O)N1CCNCC1c1cccc(F)c1. The van der Waals surface area contributed by atoms with Crippen LogP contribution in [0.25, 0.3) is 0 Å². The Balaban J connectivity index is 1.92. The van der Waals surface area contributed by atoms with Crippen LogP contribution in [-0.4, -0.2) is 35.4 Å². The molecule has 1 N–H and O–H groups in total. The standard InChI is InChI=1S/C15H16FN3O2/c1-10-14(18-9-21-10)15(20)19-6-5-17-8-13(19)11-3-2-4-12(16)7-11/h2-4,7,9,13,17H,5-6,8H2,1H3. The number of carbonyl (C=O) groups is 1. The molecule has 1 aliphatic heterocycles. The van der Waals surface area contributed by atoms with E-state index in [1.807, 2.05) is 6.07 Å². The number of hydrogen-bond acceptors (Lipinski definition) is 4. The van der Waals surface area contributed by atoms with Gasteiger partial charge in [0.25, 0.3) is 5.91 Å². The van der Waals surface area contributed by atoms with Crippen molar-refractivity contribution >= 4 is 5.91 Å². The summed E-state index contributed by atoms with van der Waals surface area (Å²) < 4.78 is 18.5. The number of carbonyl (C=O) groups excluding carboxylic acids is 1. The molecular weight excluding hydrogens is 273 g/mol. The number of hydrogen-bond donors (Lipinski definition) is 1. The molecule has 110 valence electrons. The highest BCUT2D eigenvalue weighted by molar-refractivity contribution is 5.93. The van der Waals surface area contributed by atoms with Gasteiger partial charge in [0.1, 0.15) is 11.6 Å². The van der Waals surface area contributed by atoms with Crippen molar-refractivity contribution in [1.29, 1.82) is 0 Å². The molecule has 2 heterocycles. The predicted molar refractivity (Wildman–Crippen MR) is 74.3 cm³/mol. The third-order valence-electron chi connectivity index (χ3n) is 3.69. The van der Waals surface area contributed by atoms with Crippen molar-refractivity contribution in [2.45, 2.75) is 13.0 Å². The zero-order valence-corrected chi connectivity index (χ0v) is 11.7. The molecule has 1 aromatic heterocycles. The smallest absolute Gasteiger partial charge is 0.276 e. The molecule has 0 bridgehead atoms. The van der Waals surface area contributed by atoms with Crippen LogP contribution in [0.1, 0.15) is 27.9 Å². The largest absolute Gasteiger partial charge is 0.448 e. The van der Waals surface area contributed by atoms with Crippen LogP contribution in [0.15, 0.2) is 35.1 Å². The third-order valence-corrected chi connectivity index (χ3v) is 3.69. The number of nitrogens with one attached hydrogen (secondary N) is 1. The van der Waals surface area contributed by atoms with E-state index in [1.54, 1.807) is 17.9 Å². The number of nitrogens with zero attached hydrogens (tertiary/aromatic N) is 2. The summed E-state index contributed by atoms with van der Waals surface area (Å²) in [5.74, 6) is 0.0108. The summed E-state index contributed by atoms with van der Waals surface area (Å²) >= 11 is 0. The Morgan fingerprint density at radius 1 is 1.52 bits per heavy atom. The number of oxazole rings is 1. The number of aromatic nitrogens is 1. The highest BCUT2D eigenvalue weighted by atomic mass is 19.1. The second-order valence-corrected chi connectivity index (χ2v) is 5.03. The van der Waals surface area contributed by atoms with Crippen molar-refractivity contribution in [3.63, 3.8) is 0 Å². The van der Waals surface area contributed by atoms with Crippen molar-refractivity contribution < 1.29 is 13.6 Å². The maximum absolute atomic E-state index is 13.4. The van der Waals surface area contributed by atoms with Gasteiger partial charge in [0, 0.05) is 19.6 Å². The van der Waals surface area contributed by atoms with Gasteiger partial charge in [-0.3, -0.25) is 4.79 Å². The first-order valence-corrected chi connectivity index (χ1v) is 6.84. The van der Waals surface area contributed by atoms with Crippen LogP contribution < -0.4 is 5.32 Å². The predicted octanol–water partition coefficient (Wildman–Crippen LogP) is 1.91. The molecule has 21 heavy (non-hydrogen) atoms. The fraction of sp³-hybridized carbons (Fsp3) is 0.333. The molecule has 1 amide bonds. The van der Waals surface area contributed by atoms with Gasteiger partial charge in [-0.2, -0.15) is 0 Å². The zero-order valence-electron chi connectivity index (χ0n) is 11.7. The topological polar surface area (TPSA) is 58.4 Å². The molecule has 2 aromatic rings. The van der Waals surface area contributed by atoms with Gasteiger partial charge in [-0.1, -0.05) is 12.1 Å². The average Bonchev–Trinajstić information content (AvgIpc) is 2.93. The molecule has 6 heteroatoms. The number of amides is 1. The fourth-order valence-electron chi connectivity index (χ4n) is 2.61. The molecule has 3 rings (SSSR count). The first-order valence-electron chi connectivity index (χ1n) is 6.84. The second kappa shape index (κ2) is 5.65. The average molecular weight is 289 g/mol. The van der Waals surface area contributed by atoms with Gasteiger partial charge in [0.2, 0.25) is 0 Å². The van der Waals surface area contributed by atoms with Crippen molar-refractivity contribution in [2.24, 2.45) is 0 Å². The highest BCUT2D eigenvalue weighted by Gasteiger charge is 2.30. The molecule has 0 radical (unpaired) electrons. The van der Waals surface area contributed by atoms with Crippen LogP contribution in [0.5, 0.6) is 0 Å². The maximum atomic E-state index is 13.4. The van der Waals surface area contributed by atoms with E-state index in [9.17, 15) is 9.18 Å². The zero-order chi connectivity index (χ0) is 14.8. The Kier molecular flexibility index (Phi) is 3.70. The maximum Gasteiger partial charge on any atom is 0.276 e. The van der Waals surface area contributed by atoms with E-state index in [0.717, 1.165) is 5.56 Å². The summed E-state index contributed by atoms with van der Waals surface area (Å²) in [5.41, 5.74) is 1.09. The van der Waals surface area contributed by atoms with Gasteiger partial charge < -0.3 is 14.6 Å². The van der Waals surface area contributed by atoms with E-state index >= 15 is 0 Å². The lowest BCUT2D eigenvalue weighted by Crippen LogP contribution is -2.48. The Morgan fingerprint density at radius 3 is 3.10 bits per heavy atom. The summed E-state index contributed by atoms with van der Waals surface area (Å²) in [6.45, 7) is 3.55. The monoisotopic (exact) mass is 289 g/mol. The van der Waals surface area contributed by atoms with E-state index in [1.165, 1.54) is 18.5 Å². The van der Waals surface area contributed by atoms with Crippen LogP contribution >= 0.6 is 0 Å². The Hall–Kier alpha value is -2.21. The van der Waals surface area contributed by atoms with Gasteiger partial charge in [-0.05, 0) is 24.6 Å². The number of benzene rings is 1. The summed E-state index contributed by atoms with van der Waals surface area (Å²) in [5, 5.41) is 3.24. The summed E-state index contributed by atoms with van der Waals surface area (Å²) in [7, 11) is 0. The van der Waals surface area contributed by atoms with Crippen LogP contribution in [0, 0.1) is 12.7 Å². The molecule has 0 spiro atoms. The molecule has 1 fully saturated rings. The van der Waals surface area contributed by atoms with E-state index in [-0.39, 0.29) is 17.8 Å². The first-order chi connectivity index (χ1) is 10.2. The first kappa shape index (κ1) is 13.8. The van der Waals surface area contributed by atoms with Gasteiger partial charge in [0.15, 0.2) is 12.1 Å². The summed E-state index contributed by atoms with van der Waals surface area (Å²) in [4.78, 5) is 18.3. The molecule has 0 saturated carbocycles. The normalized spacial score (nSPS) is 18.8. The number of aryl methyl sites for hydroxylation is 1. The van der Waals surface area contributed by atoms with Gasteiger partial charge in [-0.25, -0.2) is 9.37 Å². The Morgan fingerprint density at radius 2 is 2.38 bits per heavy atom. The van der Waals surface area contributed by atoms with Crippen LogP contribution in [0.3, 0.4) is 0 Å². The van der Waals surface area contributed by atoms with Gasteiger partial charge in [-0.15, -0.1) is 0 Å². The molecule has 1 atom stereocenters. The molecule has 1 aromatic carbocycles. The molecule has 1 aliphatic rings. The Labute approximate surface area is 121 Å². The van der Waals surface area contributed by atoms with E-state index in [2.05, 4.69) is 10.3 Å². The number of halogens is 1. The Bertz CT molecular complexity index is 656. The molecular formula is C15H16FN3O2. The van der Waals surface area contributed by atoms with Gasteiger partial charge in [0.05, 0.1) is 6.04 Å². The summed E-state index contributed by atoms with van der Waals surface area (Å²) in [6.07, 6.45) is 1.27. The molecule has 5 nitrogen and oxygen atoms in total. The van der Waals surface area contributed by atoms with E-state index < -0.39 is 0 Å². The third kappa shape index (κ3) is 2.67. The molecule has 0 aliphatic carbocycles. The second-order valence-electron chi connectivity index (χ2n) is 5.03. The lowest BCUT2D eigenvalue weighted by molar-refractivity contribution is 0.0626. The van der Waals surface area contributed by atoms with Gasteiger partial charge >= 0.3 is 0 Å². The van der Waals surface area contributed by atoms with Crippen LogP contribution in [-0.2, 0) is 0 Å². The lowest BCUT2D eigenvalue weighted by Gasteiger charge is -2.36. The lowest BCUT2D eigenvalue weighted by atomic mass is 10.0. The van der Waals surface area contributed by atoms with E-state index in [4.69, 9.17) is 4.42 Å². The minimum atomic E-state index is -0.303. The fourth-order valence-corrected chi connectivity index (χ4v) is 2.61. The van der Waals surface area contributed by atoms with Crippen LogP contribution in [0.4, 0.5) is 4.39 Å². The molecule has 1 saturated heterocycles. The quantitative estimate of drug-likeness (QED) is 0.917. The van der Waals surface area contributed by atoms with Crippen molar-refractivity contribution in [1.82, 2.24) is 15.2 Å². The van der Waals surface area contributed by atoms with Crippen molar-refractivity contribution in [3.05, 3.63) is 53.5 Å². The molecule has 1 unspecified atom stereocenters. The van der Waals surface area contributed by atoms with Crippen molar-refractivity contribution in [2.75, 3.05) is 19.6 Å². The summed E-state index contributed by atoms with van der Waals surface area (Å²) in [6, 6.07) is 6.14. The minimum Gasteiger partial charge on any atom is -0.448 e. The van der Waals surface area contributed by atoms with Crippen molar-refractivity contribution in [3.8, 4) is 0 Å². The highest BCUT2D eigenvalue weighted by Crippen LogP contribution is 2.25. The number of rotatable bonds is 2. The minimum absolute atomic E-state index is 0.183. The van der Waals surface area contributed by atoms with E-state index in [0.29, 0.717) is 31.1 Å². The van der Waals surface area contributed by atoms with Crippen LogP contribution in [0.2, 0.25) is 0 Å².